The summed E-state index contributed by atoms with van der Waals surface area (Å²) in [5.41, 5.74) is 0.450. The van der Waals surface area contributed by atoms with Crippen LogP contribution in [0.5, 0.6) is 0 Å². The number of carboxylic acid groups (broad SMARTS) is 1. The smallest absolute Gasteiger partial charge is 0.353 e. The Bertz CT molecular complexity index is 518. The molecule has 0 aliphatic heterocycles. The largest absolute Gasteiger partial charge is 0.477 e. The number of anilines is 1. The molecule has 0 aromatic carbocycles. The lowest BCUT2D eigenvalue weighted by atomic mass is 10.3. The van der Waals surface area contributed by atoms with Crippen molar-refractivity contribution in [2.75, 3.05) is 5.32 Å². The molecular weight excluding hydrogens is 230 g/mol. The molecule has 16 heavy (non-hydrogen) atoms. The number of hydrogen-bond acceptors (Lipinski definition) is 4. The lowest BCUT2D eigenvalue weighted by Gasteiger charge is -1.97. The number of amides is 1. The van der Waals surface area contributed by atoms with Crippen molar-refractivity contribution in [2.24, 2.45) is 0 Å². The molecule has 0 aliphatic carbocycles. The van der Waals surface area contributed by atoms with Crippen LogP contribution in [0.25, 0.3) is 0 Å². The highest BCUT2D eigenvalue weighted by molar-refractivity contribution is 7.08. The van der Waals surface area contributed by atoms with E-state index < -0.39 is 5.97 Å². The Morgan fingerprint density at radius 2 is 2.31 bits per heavy atom. The number of hydrogen-bond donors (Lipinski definition) is 3. The molecule has 82 valence electrons. The Hall–Kier alpha value is -2.15. The molecule has 2 aromatic heterocycles. The van der Waals surface area contributed by atoms with Crippen LogP contribution in [0.1, 0.15) is 20.8 Å². The van der Waals surface area contributed by atoms with Gasteiger partial charge in [-0.25, -0.2) is 4.79 Å². The summed E-state index contributed by atoms with van der Waals surface area (Å²) in [5.74, 6) is -1.25. The van der Waals surface area contributed by atoms with Crippen molar-refractivity contribution in [3.8, 4) is 0 Å². The van der Waals surface area contributed by atoms with E-state index in [9.17, 15) is 9.59 Å². The predicted molar refractivity (Wildman–Crippen MR) is 57.8 cm³/mol. The number of nitrogens with zero attached hydrogens (tertiary/aromatic N) is 1. The first-order valence-corrected chi connectivity index (χ1v) is 5.23. The summed E-state index contributed by atoms with van der Waals surface area (Å²) in [4.78, 5) is 22.1. The number of rotatable bonds is 3. The summed E-state index contributed by atoms with van der Waals surface area (Å²) in [6, 6.07) is 2.93. The summed E-state index contributed by atoms with van der Waals surface area (Å²) < 4.78 is 0. The Kier molecular flexibility index (Phi) is 2.69. The van der Waals surface area contributed by atoms with Crippen molar-refractivity contribution in [1.82, 2.24) is 10.2 Å². The van der Waals surface area contributed by atoms with Crippen molar-refractivity contribution in [3.63, 3.8) is 0 Å². The molecule has 0 bridgehead atoms. The van der Waals surface area contributed by atoms with Gasteiger partial charge in [0, 0.05) is 11.4 Å². The van der Waals surface area contributed by atoms with Crippen LogP contribution in [-0.4, -0.2) is 27.2 Å². The zero-order chi connectivity index (χ0) is 11.5. The summed E-state index contributed by atoms with van der Waals surface area (Å²) >= 11 is 1.41. The molecule has 0 saturated heterocycles. The van der Waals surface area contributed by atoms with Gasteiger partial charge in [-0.05, 0) is 11.4 Å². The zero-order valence-corrected chi connectivity index (χ0v) is 8.75. The van der Waals surface area contributed by atoms with Crippen LogP contribution in [0.3, 0.4) is 0 Å². The van der Waals surface area contributed by atoms with E-state index in [-0.39, 0.29) is 17.4 Å². The van der Waals surface area contributed by atoms with Gasteiger partial charge < -0.3 is 10.4 Å². The molecule has 6 nitrogen and oxygen atoms in total. The second-order valence-electron chi connectivity index (χ2n) is 2.94. The number of aromatic carboxylic acids is 1. The maximum Gasteiger partial charge on any atom is 0.353 e. The van der Waals surface area contributed by atoms with Gasteiger partial charge in [0.2, 0.25) is 0 Å². The number of carbonyl (C=O) groups is 2. The van der Waals surface area contributed by atoms with E-state index in [4.69, 9.17) is 5.11 Å². The molecule has 3 N–H and O–H groups in total. The number of nitrogens with one attached hydrogen (secondary N) is 2. The average Bonchev–Trinajstić information content (AvgIpc) is 2.87. The van der Waals surface area contributed by atoms with Crippen LogP contribution in [0.4, 0.5) is 5.82 Å². The Labute approximate surface area is 93.9 Å². The average molecular weight is 237 g/mol. The molecule has 0 saturated carbocycles. The van der Waals surface area contributed by atoms with Crippen LogP contribution in [0.15, 0.2) is 22.9 Å². The van der Waals surface area contributed by atoms with Crippen molar-refractivity contribution in [2.45, 2.75) is 0 Å². The van der Waals surface area contributed by atoms with Gasteiger partial charge in [0.05, 0.1) is 5.56 Å². The molecule has 7 heteroatoms. The van der Waals surface area contributed by atoms with Gasteiger partial charge >= 0.3 is 5.97 Å². The summed E-state index contributed by atoms with van der Waals surface area (Å²) in [6.45, 7) is 0. The second kappa shape index (κ2) is 4.15. The maximum atomic E-state index is 11.5. The highest BCUT2D eigenvalue weighted by Crippen LogP contribution is 2.10. The van der Waals surface area contributed by atoms with Gasteiger partial charge in [-0.1, -0.05) is 0 Å². The van der Waals surface area contributed by atoms with Gasteiger partial charge in [0.1, 0.15) is 5.69 Å². The number of H-pyrrole nitrogens is 1. The van der Waals surface area contributed by atoms with E-state index in [0.29, 0.717) is 5.56 Å². The van der Waals surface area contributed by atoms with Crippen molar-refractivity contribution < 1.29 is 14.7 Å². The van der Waals surface area contributed by atoms with E-state index in [1.54, 1.807) is 16.8 Å². The first kappa shape index (κ1) is 10.4. The zero-order valence-electron chi connectivity index (χ0n) is 7.93. The van der Waals surface area contributed by atoms with Crippen LogP contribution < -0.4 is 5.32 Å². The van der Waals surface area contributed by atoms with Crippen LogP contribution in [-0.2, 0) is 0 Å². The van der Waals surface area contributed by atoms with E-state index in [1.807, 2.05) is 0 Å². The minimum atomic E-state index is -1.12. The van der Waals surface area contributed by atoms with Crippen LogP contribution in [0.2, 0.25) is 0 Å². The van der Waals surface area contributed by atoms with Gasteiger partial charge in [-0.15, -0.1) is 0 Å². The fraction of sp³-hybridized carbons (Fsp3) is 0. The predicted octanol–water partition coefficient (Wildman–Crippen LogP) is 1.42. The molecule has 0 fully saturated rings. The van der Waals surface area contributed by atoms with Crippen molar-refractivity contribution >= 4 is 29.0 Å². The van der Waals surface area contributed by atoms with Crippen molar-refractivity contribution in [1.29, 1.82) is 0 Å². The third-order valence-corrected chi connectivity index (χ3v) is 2.52. The molecule has 0 spiro atoms. The van der Waals surface area contributed by atoms with E-state index in [0.717, 1.165) is 0 Å². The number of aromatic nitrogens is 2. The third kappa shape index (κ3) is 2.09. The summed E-state index contributed by atoms with van der Waals surface area (Å²) in [5, 5.41) is 20.5. The normalized spacial score (nSPS) is 10.0. The number of aromatic amines is 1. The summed E-state index contributed by atoms with van der Waals surface area (Å²) in [7, 11) is 0. The van der Waals surface area contributed by atoms with E-state index in [2.05, 4.69) is 15.5 Å². The summed E-state index contributed by atoms with van der Waals surface area (Å²) in [6.07, 6.45) is 0. The lowest BCUT2D eigenvalue weighted by molar-refractivity contribution is 0.0690. The van der Waals surface area contributed by atoms with Crippen LogP contribution in [0, 0.1) is 0 Å². The minimum absolute atomic E-state index is 0.0689. The van der Waals surface area contributed by atoms with Gasteiger partial charge in [0.15, 0.2) is 5.82 Å². The first-order valence-electron chi connectivity index (χ1n) is 4.29. The number of carbonyl (C=O) groups excluding carboxylic acids is 1. The number of carboxylic acids is 1. The molecule has 0 unspecified atom stereocenters. The first-order chi connectivity index (χ1) is 7.66. The molecule has 2 aromatic rings. The fourth-order valence-corrected chi connectivity index (χ4v) is 1.71. The molecule has 2 heterocycles. The standard InChI is InChI=1S/C9H7N3O3S/c13-8(5-1-2-16-4-5)10-7-3-6(9(14)15)11-12-7/h1-4H,(H,14,15)(H2,10,11,12,13). The number of thiophene rings is 1. The van der Waals surface area contributed by atoms with Crippen molar-refractivity contribution in [3.05, 3.63) is 34.2 Å². The Morgan fingerprint density at radius 1 is 1.50 bits per heavy atom. The highest BCUT2D eigenvalue weighted by Gasteiger charge is 2.11. The van der Waals surface area contributed by atoms with Gasteiger partial charge in [0.25, 0.3) is 5.91 Å². The fourth-order valence-electron chi connectivity index (χ4n) is 1.08. The monoisotopic (exact) mass is 237 g/mol. The molecule has 0 atom stereocenters. The topological polar surface area (TPSA) is 95.1 Å². The minimum Gasteiger partial charge on any atom is -0.477 e. The van der Waals surface area contributed by atoms with Crippen LogP contribution >= 0.6 is 11.3 Å². The van der Waals surface area contributed by atoms with E-state index in [1.165, 1.54) is 17.4 Å². The van der Waals surface area contributed by atoms with Gasteiger partial charge in [-0.2, -0.15) is 16.4 Å². The maximum absolute atomic E-state index is 11.5. The molecular formula is C9H7N3O3S. The van der Waals surface area contributed by atoms with Gasteiger partial charge in [-0.3, -0.25) is 9.89 Å². The molecule has 2 rings (SSSR count). The van der Waals surface area contributed by atoms with E-state index >= 15 is 0 Å². The molecule has 1 amide bonds. The lowest BCUT2D eigenvalue weighted by Crippen LogP contribution is -2.10. The molecule has 0 radical (unpaired) electrons. The highest BCUT2D eigenvalue weighted by atomic mass is 32.1. The quantitative estimate of drug-likeness (QED) is 0.752. The second-order valence-corrected chi connectivity index (χ2v) is 3.72. The Morgan fingerprint density at radius 3 is 2.88 bits per heavy atom. The SMILES string of the molecule is O=C(Nc1cc(C(=O)O)[nH]n1)c1ccsc1. The third-order valence-electron chi connectivity index (χ3n) is 1.83. The molecule has 0 aliphatic rings. The Balaban J connectivity index is 2.09.